The minimum Gasteiger partial charge on any atom is -0.393 e. The van der Waals surface area contributed by atoms with E-state index in [0.29, 0.717) is 11.5 Å². The van der Waals surface area contributed by atoms with Gasteiger partial charge in [-0.25, -0.2) is 14.4 Å². The molecule has 0 bridgehead atoms. The number of hydrogen-bond acceptors (Lipinski definition) is 4. The minimum absolute atomic E-state index is 0.0705. The highest BCUT2D eigenvalue weighted by Gasteiger charge is 2.10. The molecule has 1 aromatic carbocycles. The van der Waals surface area contributed by atoms with Crippen molar-refractivity contribution in [3.63, 3.8) is 0 Å². The maximum atomic E-state index is 12.8. The lowest BCUT2D eigenvalue weighted by molar-refractivity contribution is 0.626. The van der Waals surface area contributed by atoms with Crippen molar-refractivity contribution in [2.24, 2.45) is 0 Å². The van der Waals surface area contributed by atoms with E-state index in [4.69, 9.17) is 17.3 Å². The summed E-state index contributed by atoms with van der Waals surface area (Å²) in [6.07, 6.45) is 1.33. The molecule has 0 spiro atoms. The second-order valence-corrected chi connectivity index (χ2v) is 4.20. The van der Waals surface area contributed by atoms with Crippen molar-refractivity contribution >= 4 is 23.1 Å². The van der Waals surface area contributed by atoms with E-state index in [1.807, 2.05) is 6.92 Å². The number of aromatic nitrogens is 2. The fraction of sp³-hybridized carbons (Fsp3) is 0.167. The van der Waals surface area contributed by atoms with Gasteiger partial charge in [-0.05, 0) is 24.6 Å². The van der Waals surface area contributed by atoms with Crippen LogP contribution in [0.3, 0.4) is 0 Å². The lowest BCUT2D eigenvalue weighted by Crippen LogP contribution is -2.10. The van der Waals surface area contributed by atoms with Crippen molar-refractivity contribution < 1.29 is 4.39 Å². The van der Waals surface area contributed by atoms with Gasteiger partial charge in [0.25, 0.3) is 0 Å². The van der Waals surface area contributed by atoms with Gasteiger partial charge in [0, 0.05) is 0 Å². The van der Waals surface area contributed by atoms with Crippen LogP contribution in [0.1, 0.15) is 18.5 Å². The van der Waals surface area contributed by atoms with Gasteiger partial charge < -0.3 is 11.1 Å². The molecule has 0 aliphatic rings. The maximum absolute atomic E-state index is 12.8. The molecule has 3 N–H and O–H groups in total. The number of hydrogen-bond donors (Lipinski definition) is 2. The Morgan fingerprint density at radius 1 is 1.28 bits per heavy atom. The number of benzene rings is 1. The molecular weight excluding hydrogens is 255 g/mol. The summed E-state index contributed by atoms with van der Waals surface area (Å²) in [6, 6.07) is 6.14. The van der Waals surface area contributed by atoms with Gasteiger partial charge in [-0.3, -0.25) is 0 Å². The van der Waals surface area contributed by atoms with Crippen LogP contribution < -0.4 is 11.1 Å². The summed E-state index contributed by atoms with van der Waals surface area (Å²) < 4.78 is 12.8. The molecule has 0 saturated carbocycles. The first-order valence-corrected chi connectivity index (χ1v) is 5.73. The predicted molar refractivity (Wildman–Crippen MR) is 69.9 cm³/mol. The molecule has 6 heteroatoms. The number of nitrogens with one attached hydrogen (secondary N) is 1. The second kappa shape index (κ2) is 5.18. The Balaban J connectivity index is 2.18. The van der Waals surface area contributed by atoms with Gasteiger partial charge >= 0.3 is 0 Å². The first-order chi connectivity index (χ1) is 8.58. The molecule has 0 radical (unpaired) electrons. The molecule has 4 nitrogen and oxygen atoms in total. The van der Waals surface area contributed by atoms with Crippen LogP contribution in [0, 0.1) is 5.82 Å². The van der Waals surface area contributed by atoms with Gasteiger partial charge in [0.1, 0.15) is 17.8 Å². The van der Waals surface area contributed by atoms with Crippen molar-refractivity contribution in [3.05, 3.63) is 47.1 Å². The van der Waals surface area contributed by atoms with Crippen LogP contribution in [0.5, 0.6) is 0 Å². The van der Waals surface area contributed by atoms with Gasteiger partial charge in [0.2, 0.25) is 0 Å². The van der Waals surface area contributed by atoms with E-state index >= 15 is 0 Å². The molecule has 1 atom stereocenters. The predicted octanol–water partition coefficient (Wildman–Crippen LogP) is 3.02. The van der Waals surface area contributed by atoms with Crippen molar-refractivity contribution in [1.82, 2.24) is 9.97 Å². The largest absolute Gasteiger partial charge is 0.393 e. The van der Waals surface area contributed by atoms with E-state index in [1.165, 1.54) is 18.5 Å². The van der Waals surface area contributed by atoms with Crippen LogP contribution in [0.15, 0.2) is 30.6 Å². The number of nitrogens with zero attached hydrogens (tertiary/aromatic N) is 2. The third-order valence-electron chi connectivity index (χ3n) is 2.56. The molecule has 1 heterocycles. The topological polar surface area (TPSA) is 63.8 Å². The smallest absolute Gasteiger partial charge is 0.157 e. The average molecular weight is 267 g/mol. The number of rotatable bonds is 3. The van der Waals surface area contributed by atoms with Gasteiger partial charge in [0.05, 0.1) is 6.04 Å². The van der Waals surface area contributed by atoms with E-state index in [2.05, 4.69) is 15.3 Å². The Bertz CT molecular complexity index is 544. The third-order valence-corrected chi connectivity index (χ3v) is 2.86. The molecule has 2 rings (SSSR count). The Morgan fingerprint density at radius 2 is 1.94 bits per heavy atom. The summed E-state index contributed by atoms with van der Waals surface area (Å²) in [5.74, 6) is 0.197. The Hall–Kier alpha value is -1.88. The van der Waals surface area contributed by atoms with Crippen molar-refractivity contribution in [3.8, 4) is 0 Å². The molecule has 0 amide bonds. The zero-order valence-corrected chi connectivity index (χ0v) is 10.4. The van der Waals surface area contributed by atoms with Gasteiger partial charge in [0.15, 0.2) is 11.0 Å². The fourth-order valence-corrected chi connectivity index (χ4v) is 1.66. The molecule has 0 aliphatic heterocycles. The highest BCUT2D eigenvalue weighted by atomic mass is 35.5. The van der Waals surface area contributed by atoms with Gasteiger partial charge in [-0.2, -0.15) is 0 Å². The van der Waals surface area contributed by atoms with E-state index in [1.54, 1.807) is 12.1 Å². The van der Waals surface area contributed by atoms with Crippen molar-refractivity contribution in [2.45, 2.75) is 13.0 Å². The summed E-state index contributed by atoms with van der Waals surface area (Å²) >= 11 is 5.80. The molecule has 0 saturated heterocycles. The standard InChI is InChI=1S/C12H12ClFN4/c1-7(8-2-4-9(14)5-3-8)18-12-10(15)11(13)16-6-17-12/h2-7H,15H2,1H3,(H,16,17,18)/t7-/m0/s1. The average Bonchev–Trinajstić information content (AvgIpc) is 2.36. The van der Waals surface area contributed by atoms with Crippen LogP contribution in [0.2, 0.25) is 5.15 Å². The van der Waals surface area contributed by atoms with Crippen LogP contribution >= 0.6 is 11.6 Å². The van der Waals surface area contributed by atoms with Crippen molar-refractivity contribution in [2.75, 3.05) is 11.1 Å². The number of nitrogen functional groups attached to an aromatic ring is 1. The fourth-order valence-electron chi connectivity index (χ4n) is 1.53. The molecular formula is C12H12ClFN4. The third kappa shape index (κ3) is 2.68. The molecule has 1 aromatic heterocycles. The zero-order valence-electron chi connectivity index (χ0n) is 9.69. The van der Waals surface area contributed by atoms with E-state index in [0.717, 1.165) is 5.56 Å². The summed E-state index contributed by atoms with van der Waals surface area (Å²) in [4.78, 5) is 7.79. The summed E-state index contributed by atoms with van der Waals surface area (Å²) in [7, 11) is 0. The second-order valence-electron chi connectivity index (χ2n) is 3.84. The van der Waals surface area contributed by atoms with Crippen LogP contribution in [0.25, 0.3) is 0 Å². The summed E-state index contributed by atoms with van der Waals surface area (Å²) in [5.41, 5.74) is 6.97. The molecule has 0 aliphatic carbocycles. The van der Waals surface area contributed by atoms with E-state index < -0.39 is 0 Å². The normalized spacial score (nSPS) is 12.2. The Morgan fingerprint density at radius 3 is 2.61 bits per heavy atom. The van der Waals surface area contributed by atoms with Gasteiger partial charge in [-0.1, -0.05) is 23.7 Å². The van der Waals surface area contributed by atoms with Gasteiger partial charge in [-0.15, -0.1) is 0 Å². The Kier molecular flexibility index (Phi) is 3.62. The highest BCUT2D eigenvalue weighted by Crippen LogP contribution is 2.26. The minimum atomic E-state index is -0.268. The quantitative estimate of drug-likeness (QED) is 0.838. The van der Waals surface area contributed by atoms with Crippen molar-refractivity contribution in [1.29, 1.82) is 0 Å². The van der Waals surface area contributed by atoms with E-state index in [9.17, 15) is 4.39 Å². The molecule has 0 unspecified atom stereocenters. The first-order valence-electron chi connectivity index (χ1n) is 5.36. The molecule has 2 aromatic rings. The SMILES string of the molecule is C[C@H](Nc1ncnc(Cl)c1N)c1ccc(F)cc1. The summed E-state index contributed by atoms with van der Waals surface area (Å²) in [5, 5.41) is 3.31. The number of nitrogens with two attached hydrogens (primary N) is 1. The zero-order chi connectivity index (χ0) is 13.1. The van der Waals surface area contributed by atoms with Crippen LogP contribution in [-0.2, 0) is 0 Å². The van der Waals surface area contributed by atoms with Crippen LogP contribution in [0.4, 0.5) is 15.9 Å². The molecule has 0 fully saturated rings. The maximum Gasteiger partial charge on any atom is 0.157 e. The first kappa shape index (κ1) is 12.6. The Labute approximate surface area is 109 Å². The number of anilines is 2. The summed E-state index contributed by atoms with van der Waals surface area (Å²) in [6.45, 7) is 1.92. The highest BCUT2D eigenvalue weighted by molar-refractivity contribution is 6.32. The molecule has 94 valence electrons. The van der Waals surface area contributed by atoms with Crippen LogP contribution in [-0.4, -0.2) is 9.97 Å². The number of halogens is 2. The monoisotopic (exact) mass is 266 g/mol. The lowest BCUT2D eigenvalue weighted by atomic mass is 10.1. The molecule has 18 heavy (non-hydrogen) atoms. The van der Waals surface area contributed by atoms with E-state index in [-0.39, 0.29) is 17.0 Å². The lowest BCUT2D eigenvalue weighted by Gasteiger charge is -2.16.